The number of hydrogen-bond donors (Lipinski definition) is 1. The molecule has 0 saturated heterocycles. The topological polar surface area (TPSA) is 20.2 Å². The Bertz CT molecular complexity index is 824. The van der Waals surface area contributed by atoms with Crippen LogP contribution in [0.2, 0.25) is 4.82 Å². The minimum atomic E-state index is -6.00. The summed E-state index contributed by atoms with van der Waals surface area (Å²) in [6, 6.07) is 22.0. The molecular weight excluding hydrogens is 458 g/mol. The van der Waals surface area contributed by atoms with Gasteiger partial charge in [-0.2, -0.15) is 0 Å². The summed E-state index contributed by atoms with van der Waals surface area (Å²) in [6.45, 7) is 7.16. The second kappa shape index (κ2) is 8.68. The Morgan fingerprint density at radius 1 is 0.933 bits per heavy atom. The second-order valence-electron chi connectivity index (χ2n) is 9.06. The molecular formula is C23H29BF4OSe. The van der Waals surface area contributed by atoms with Crippen molar-refractivity contribution in [2.75, 3.05) is 0 Å². The largest absolute Gasteiger partial charge is 0.673 e. The van der Waals surface area contributed by atoms with E-state index in [1.54, 1.807) is 0 Å². The summed E-state index contributed by atoms with van der Waals surface area (Å²) in [4.78, 5) is 0.469. The number of rotatable bonds is 4. The van der Waals surface area contributed by atoms with Gasteiger partial charge >= 0.3 is 164 Å². The molecule has 7 heteroatoms. The third-order valence-electron chi connectivity index (χ3n) is 7.27. The number of hydrogen-bond acceptors (Lipinski definition) is 1. The number of aliphatic hydroxyl groups excluding tert-OH is 1. The summed E-state index contributed by atoms with van der Waals surface area (Å²) < 4.78 is 40.5. The van der Waals surface area contributed by atoms with E-state index >= 15 is 0 Å². The van der Waals surface area contributed by atoms with E-state index in [9.17, 15) is 22.4 Å². The molecule has 2 fully saturated rings. The van der Waals surface area contributed by atoms with Gasteiger partial charge in [-0.1, -0.05) is 0 Å². The molecule has 0 amide bonds. The predicted molar refractivity (Wildman–Crippen MR) is 117 cm³/mol. The Hall–Kier alpha value is -1.30. The molecule has 2 bridgehead atoms. The zero-order valence-electron chi connectivity index (χ0n) is 17.6. The number of benzene rings is 2. The van der Waals surface area contributed by atoms with Gasteiger partial charge in [-0.15, -0.1) is 0 Å². The molecule has 1 nitrogen and oxygen atoms in total. The zero-order chi connectivity index (χ0) is 22.2. The quantitative estimate of drug-likeness (QED) is 0.436. The molecule has 0 spiro atoms. The van der Waals surface area contributed by atoms with Gasteiger partial charge in [0.2, 0.25) is 0 Å². The van der Waals surface area contributed by atoms with Crippen LogP contribution in [0.4, 0.5) is 17.3 Å². The average Bonchev–Trinajstić information content (AvgIpc) is 2.99. The average molecular weight is 487 g/mol. The number of fused-ring (bicyclic) bond motifs is 2. The van der Waals surface area contributed by atoms with Crippen molar-refractivity contribution in [2.45, 2.75) is 49.9 Å². The van der Waals surface area contributed by atoms with Gasteiger partial charge < -0.3 is 17.3 Å². The fourth-order valence-corrected chi connectivity index (χ4v) is 12.0. The molecule has 164 valence electrons. The maximum atomic E-state index is 11.4. The molecule has 2 aliphatic rings. The van der Waals surface area contributed by atoms with E-state index in [0.717, 1.165) is 5.32 Å². The predicted octanol–water partition coefficient (Wildman–Crippen LogP) is 5.66. The van der Waals surface area contributed by atoms with Gasteiger partial charge in [-0.05, 0) is 0 Å². The summed E-state index contributed by atoms with van der Waals surface area (Å²) in [7, 11) is -6.00. The van der Waals surface area contributed by atoms with E-state index in [1.807, 2.05) is 0 Å². The molecule has 30 heavy (non-hydrogen) atoms. The summed E-state index contributed by atoms with van der Waals surface area (Å²) in [6.07, 6.45) is 2.31. The van der Waals surface area contributed by atoms with Gasteiger partial charge in [0.05, 0.1) is 0 Å². The van der Waals surface area contributed by atoms with Crippen LogP contribution in [0.1, 0.15) is 39.2 Å². The van der Waals surface area contributed by atoms with E-state index < -0.39 is 21.2 Å². The van der Waals surface area contributed by atoms with E-state index in [4.69, 9.17) is 0 Å². The molecule has 2 aliphatic carbocycles. The van der Waals surface area contributed by atoms with Crippen molar-refractivity contribution < 1.29 is 22.4 Å². The molecule has 0 aromatic heterocycles. The van der Waals surface area contributed by atoms with Crippen molar-refractivity contribution in [1.29, 1.82) is 0 Å². The summed E-state index contributed by atoms with van der Waals surface area (Å²) >= 11 is -1.18. The van der Waals surface area contributed by atoms with Gasteiger partial charge in [0.25, 0.3) is 0 Å². The smallest absolute Gasteiger partial charge is 0.418 e. The Kier molecular flexibility index (Phi) is 6.76. The van der Waals surface area contributed by atoms with Crippen molar-refractivity contribution in [3.63, 3.8) is 0 Å². The van der Waals surface area contributed by atoms with Gasteiger partial charge in [0.1, 0.15) is 0 Å². The summed E-state index contributed by atoms with van der Waals surface area (Å²) in [5.74, 6) is 0.654. The van der Waals surface area contributed by atoms with Crippen molar-refractivity contribution in [1.82, 2.24) is 0 Å². The molecule has 2 saturated carbocycles. The first-order valence-corrected chi connectivity index (χ1v) is 13.3. The maximum absolute atomic E-state index is 11.4. The van der Waals surface area contributed by atoms with Crippen LogP contribution >= 0.6 is 0 Å². The van der Waals surface area contributed by atoms with Crippen molar-refractivity contribution in [3.8, 4) is 0 Å². The first-order valence-electron chi connectivity index (χ1n) is 10.3. The van der Waals surface area contributed by atoms with Gasteiger partial charge in [-0.3, -0.25) is 0 Å². The Labute approximate surface area is 180 Å². The monoisotopic (exact) mass is 488 g/mol. The Balaban J connectivity index is 0.000000461. The molecule has 0 aliphatic heterocycles. The first kappa shape index (κ1) is 23.4. The normalized spacial score (nSPS) is 30.5. The fraction of sp³-hybridized carbons (Fsp3) is 0.478. The molecule has 1 unspecified atom stereocenters. The third kappa shape index (κ3) is 4.63. The summed E-state index contributed by atoms with van der Waals surface area (Å²) in [5, 5.41) is 12.5. The fourth-order valence-electron chi connectivity index (χ4n) is 5.29. The van der Waals surface area contributed by atoms with Crippen molar-refractivity contribution in [2.24, 2.45) is 16.7 Å². The van der Waals surface area contributed by atoms with E-state index in [0.29, 0.717) is 10.7 Å². The standard InChI is InChI=1S/C23H29OSe.BF4/c1-22(2)19-14-15-23(22,3)21(24)20(19)25(18-12-8-5-9-13-18)16-17-10-6-4-7-11-17;2-1(3,4)5/h4-13,19-21,24H,14-16H2,1-3H3;/q+1;-1/t19-,20-,21-,23+,25?;/m1./s1. The van der Waals surface area contributed by atoms with Crippen molar-refractivity contribution in [3.05, 3.63) is 66.2 Å². The van der Waals surface area contributed by atoms with E-state index in [1.165, 1.54) is 22.9 Å². The van der Waals surface area contributed by atoms with Crippen LogP contribution in [0.3, 0.4) is 0 Å². The Morgan fingerprint density at radius 3 is 1.90 bits per heavy atom. The van der Waals surface area contributed by atoms with Crippen LogP contribution in [0, 0.1) is 16.7 Å². The Morgan fingerprint density at radius 2 is 1.43 bits per heavy atom. The van der Waals surface area contributed by atoms with Crippen LogP contribution in [-0.2, 0) is 5.32 Å². The number of halogens is 4. The number of aliphatic hydroxyl groups is 1. The van der Waals surface area contributed by atoms with Gasteiger partial charge in [0, 0.05) is 0 Å². The molecule has 2 aromatic carbocycles. The van der Waals surface area contributed by atoms with Gasteiger partial charge in [-0.25, -0.2) is 0 Å². The molecule has 0 heterocycles. The third-order valence-corrected chi connectivity index (χ3v) is 13.1. The first-order chi connectivity index (χ1) is 13.9. The molecule has 1 N–H and O–H groups in total. The minimum Gasteiger partial charge on any atom is -0.418 e. The second-order valence-corrected chi connectivity index (χ2v) is 13.6. The van der Waals surface area contributed by atoms with E-state index in [-0.39, 0.29) is 16.9 Å². The molecule has 4 rings (SSSR count). The SMILES string of the molecule is CC1(C)[C@@H]2CC[C@@]1(C)[C@H](O)[C@@H]2[Se+](Cc1ccccc1)c1ccccc1.F[B-](F)(F)F. The maximum Gasteiger partial charge on any atom is 0.673 e. The van der Waals surface area contributed by atoms with Crippen molar-refractivity contribution >= 4 is 25.6 Å². The van der Waals surface area contributed by atoms with Crippen LogP contribution in [0.25, 0.3) is 0 Å². The van der Waals surface area contributed by atoms with Gasteiger partial charge in [0.15, 0.2) is 0 Å². The summed E-state index contributed by atoms with van der Waals surface area (Å²) in [5.41, 5.74) is 1.74. The van der Waals surface area contributed by atoms with Crippen LogP contribution in [0.5, 0.6) is 0 Å². The molecule has 0 radical (unpaired) electrons. The van der Waals surface area contributed by atoms with Crippen LogP contribution in [0.15, 0.2) is 60.7 Å². The van der Waals surface area contributed by atoms with Crippen LogP contribution in [-0.4, -0.2) is 32.4 Å². The molecule has 5 atom stereocenters. The minimum absolute atomic E-state index is 0.0789. The molecule has 2 aromatic rings. The van der Waals surface area contributed by atoms with Crippen LogP contribution < -0.4 is 4.46 Å². The van der Waals surface area contributed by atoms with E-state index in [2.05, 4.69) is 81.4 Å². The zero-order valence-corrected chi connectivity index (χ0v) is 19.3.